The lowest BCUT2D eigenvalue weighted by Gasteiger charge is -2.35. The molecule has 0 bridgehead atoms. The maximum Gasteiger partial charge on any atom is 0.302 e. The van der Waals surface area contributed by atoms with E-state index in [1.54, 1.807) is 12.1 Å². The van der Waals surface area contributed by atoms with E-state index in [1.807, 2.05) is 30.3 Å². The number of hydrogen-bond donors (Lipinski definition) is 1. The molecule has 1 unspecified atom stereocenters. The Kier molecular flexibility index (Phi) is 9.22. The van der Waals surface area contributed by atoms with E-state index in [-0.39, 0.29) is 62.2 Å². The molecule has 2 aromatic carbocycles. The van der Waals surface area contributed by atoms with Gasteiger partial charge in [-0.2, -0.15) is 0 Å². The maximum absolute atomic E-state index is 13.6. The van der Waals surface area contributed by atoms with Crippen LogP contribution in [0.5, 0.6) is 5.75 Å². The van der Waals surface area contributed by atoms with Crippen molar-refractivity contribution in [2.24, 2.45) is 0 Å². The third-order valence-electron chi connectivity index (χ3n) is 6.30. The summed E-state index contributed by atoms with van der Waals surface area (Å²) in [6, 6.07) is 14.3. The van der Waals surface area contributed by atoms with Crippen LogP contribution in [0, 0.1) is 5.82 Å². The Hall–Kier alpha value is -4.31. The number of nitrogens with zero attached hydrogens (tertiary/aromatic N) is 1. The van der Waals surface area contributed by atoms with Gasteiger partial charge < -0.3 is 24.1 Å². The SMILES string of the molecule is CC(=O)OCC1COCCN1C(=O)c1[nH]cc(C(=O)CCc2ccc(F)cc2)c(=O)c1OCc1ccccc1. The second kappa shape index (κ2) is 13.0. The fraction of sp³-hybridized carbons (Fsp3) is 0.310. The molecule has 2 heterocycles. The van der Waals surface area contributed by atoms with E-state index in [2.05, 4.69) is 4.98 Å². The van der Waals surface area contributed by atoms with Crippen LogP contribution in [0.25, 0.3) is 0 Å². The monoisotopic (exact) mass is 536 g/mol. The van der Waals surface area contributed by atoms with Crippen LogP contribution in [0.2, 0.25) is 0 Å². The van der Waals surface area contributed by atoms with Crippen molar-refractivity contribution < 1.29 is 33.0 Å². The summed E-state index contributed by atoms with van der Waals surface area (Å²) in [5, 5.41) is 0. The first kappa shape index (κ1) is 27.7. The van der Waals surface area contributed by atoms with Gasteiger partial charge in [0.1, 0.15) is 19.0 Å². The van der Waals surface area contributed by atoms with E-state index in [0.29, 0.717) is 6.42 Å². The molecule has 0 radical (unpaired) electrons. The zero-order valence-electron chi connectivity index (χ0n) is 21.5. The van der Waals surface area contributed by atoms with Gasteiger partial charge in [-0.1, -0.05) is 42.5 Å². The van der Waals surface area contributed by atoms with Crippen LogP contribution in [-0.4, -0.2) is 60.0 Å². The molecule has 9 nitrogen and oxygen atoms in total. The lowest BCUT2D eigenvalue weighted by Crippen LogP contribution is -2.51. The van der Waals surface area contributed by atoms with E-state index in [1.165, 1.54) is 30.2 Å². The minimum absolute atomic E-state index is 0.00257. The van der Waals surface area contributed by atoms with Gasteiger partial charge in [0.25, 0.3) is 5.91 Å². The molecule has 1 saturated heterocycles. The third-order valence-corrected chi connectivity index (χ3v) is 6.30. The van der Waals surface area contributed by atoms with Crippen molar-refractivity contribution in [2.45, 2.75) is 32.4 Å². The normalized spacial score (nSPS) is 15.0. The average molecular weight is 537 g/mol. The van der Waals surface area contributed by atoms with E-state index < -0.39 is 29.1 Å². The Morgan fingerprint density at radius 1 is 1.08 bits per heavy atom. The molecule has 204 valence electrons. The third kappa shape index (κ3) is 7.17. The molecule has 1 fully saturated rings. The number of esters is 1. The number of halogens is 1. The number of pyridine rings is 1. The zero-order chi connectivity index (χ0) is 27.8. The predicted octanol–water partition coefficient (Wildman–Crippen LogP) is 3.31. The number of H-pyrrole nitrogens is 1. The molecule has 1 amide bonds. The summed E-state index contributed by atoms with van der Waals surface area (Å²) in [6.07, 6.45) is 1.54. The smallest absolute Gasteiger partial charge is 0.302 e. The molecule has 1 N–H and O–H groups in total. The summed E-state index contributed by atoms with van der Waals surface area (Å²) in [4.78, 5) is 55.7. The molecule has 4 rings (SSSR count). The van der Waals surface area contributed by atoms with Gasteiger partial charge in [0.15, 0.2) is 17.2 Å². The number of ketones is 1. The average Bonchev–Trinajstić information content (AvgIpc) is 2.95. The predicted molar refractivity (Wildman–Crippen MR) is 139 cm³/mol. The number of morpholine rings is 1. The molecular weight excluding hydrogens is 507 g/mol. The first-order chi connectivity index (χ1) is 18.8. The first-order valence-electron chi connectivity index (χ1n) is 12.6. The van der Waals surface area contributed by atoms with Gasteiger partial charge in [-0.3, -0.25) is 19.2 Å². The number of hydrogen-bond acceptors (Lipinski definition) is 7. The number of Topliss-reactive ketones (excluding diaryl/α,β-unsaturated/α-hetero) is 1. The first-order valence-corrected chi connectivity index (χ1v) is 12.6. The minimum atomic E-state index is -0.707. The number of benzene rings is 2. The fourth-order valence-corrected chi connectivity index (χ4v) is 4.21. The van der Waals surface area contributed by atoms with Crippen molar-refractivity contribution in [2.75, 3.05) is 26.4 Å². The standard InChI is InChI=1S/C29H29FN2O7/c1-19(33)38-18-23-17-37-14-13-32(23)29(36)26-28(39-16-21-5-3-2-4-6-21)27(35)24(15-31-26)25(34)12-9-20-7-10-22(30)11-8-20/h2-8,10-11,15,23H,9,12-14,16-18H2,1H3,(H,31,35). The van der Waals surface area contributed by atoms with Crippen LogP contribution in [-0.2, 0) is 27.3 Å². The van der Waals surface area contributed by atoms with Crippen molar-refractivity contribution in [1.29, 1.82) is 0 Å². The van der Waals surface area contributed by atoms with Crippen LogP contribution >= 0.6 is 0 Å². The summed E-state index contributed by atoms with van der Waals surface area (Å²) in [6.45, 7) is 1.84. The van der Waals surface area contributed by atoms with Crippen molar-refractivity contribution in [1.82, 2.24) is 9.88 Å². The second-order valence-corrected chi connectivity index (χ2v) is 9.09. The highest BCUT2D eigenvalue weighted by Crippen LogP contribution is 2.20. The van der Waals surface area contributed by atoms with E-state index in [9.17, 15) is 23.6 Å². The van der Waals surface area contributed by atoms with Crippen molar-refractivity contribution in [3.05, 3.63) is 99.2 Å². The van der Waals surface area contributed by atoms with Crippen LogP contribution in [0.1, 0.15) is 45.3 Å². The van der Waals surface area contributed by atoms with Gasteiger partial charge in [0, 0.05) is 26.1 Å². The molecular formula is C29H29FN2O7. The van der Waals surface area contributed by atoms with Crippen LogP contribution in [0.4, 0.5) is 4.39 Å². The number of rotatable bonds is 10. The van der Waals surface area contributed by atoms with Gasteiger partial charge in [0.05, 0.1) is 24.8 Å². The summed E-state index contributed by atoms with van der Waals surface area (Å²) >= 11 is 0. The van der Waals surface area contributed by atoms with Crippen molar-refractivity contribution in [3.8, 4) is 5.75 Å². The molecule has 1 aliphatic heterocycles. The second-order valence-electron chi connectivity index (χ2n) is 9.09. The van der Waals surface area contributed by atoms with E-state index in [0.717, 1.165) is 11.1 Å². The molecule has 1 aromatic heterocycles. The summed E-state index contributed by atoms with van der Waals surface area (Å²) in [5.74, 6) is -2.12. The number of aryl methyl sites for hydroxylation is 1. The quantitative estimate of drug-likeness (QED) is 0.312. The molecule has 3 aromatic rings. The molecule has 0 spiro atoms. The van der Waals surface area contributed by atoms with Gasteiger partial charge in [0.2, 0.25) is 5.43 Å². The van der Waals surface area contributed by atoms with E-state index in [4.69, 9.17) is 14.2 Å². The van der Waals surface area contributed by atoms with Gasteiger partial charge in [-0.25, -0.2) is 4.39 Å². The number of aromatic amines is 1. The summed E-state index contributed by atoms with van der Waals surface area (Å²) in [7, 11) is 0. The molecule has 39 heavy (non-hydrogen) atoms. The van der Waals surface area contributed by atoms with Gasteiger partial charge in [-0.05, 0) is 29.7 Å². The Morgan fingerprint density at radius 2 is 1.82 bits per heavy atom. The van der Waals surface area contributed by atoms with E-state index >= 15 is 0 Å². The molecule has 1 atom stereocenters. The fourth-order valence-electron chi connectivity index (χ4n) is 4.21. The Morgan fingerprint density at radius 3 is 2.54 bits per heavy atom. The largest absolute Gasteiger partial charge is 0.483 e. The molecule has 0 aliphatic carbocycles. The summed E-state index contributed by atoms with van der Waals surface area (Å²) in [5.41, 5.74) is 0.556. The van der Waals surface area contributed by atoms with Crippen molar-refractivity contribution >= 4 is 17.7 Å². The maximum atomic E-state index is 13.6. The van der Waals surface area contributed by atoms with Crippen molar-refractivity contribution in [3.63, 3.8) is 0 Å². The topological polar surface area (TPSA) is 115 Å². The number of ether oxygens (including phenoxy) is 3. The number of carbonyl (C=O) groups is 3. The molecule has 1 aliphatic rings. The highest BCUT2D eigenvalue weighted by molar-refractivity contribution is 5.99. The van der Waals surface area contributed by atoms with Crippen LogP contribution < -0.4 is 10.2 Å². The number of nitrogens with one attached hydrogen (secondary N) is 1. The Labute approximate surface area is 224 Å². The Bertz CT molecular complexity index is 1370. The summed E-state index contributed by atoms with van der Waals surface area (Å²) < 4.78 is 29.6. The molecule has 0 saturated carbocycles. The highest BCUT2D eigenvalue weighted by atomic mass is 19.1. The van der Waals surface area contributed by atoms with Crippen LogP contribution in [0.3, 0.4) is 0 Å². The lowest BCUT2D eigenvalue weighted by molar-refractivity contribution is -0.144. The number of aromatic nitrogens is 1. The Balaban J connectivity index is 1.61. The number of amides is 1. The number of carbonyl (C=O) groups excluding carboxylic acids is 3. The van der Waals surface area contributed by atoms with Gasteiger partial charge >= 0.3 is 5.97 Å². The minimum Gasteiger partial charge on any atom is -0.483 e. The molecule has 10 heteroatoms. The lowest BCUT2D eigenvalue weighted by atomic mass is 10.0. The zero-order valence-corrected chi connectivity index (χ0v) is 21.5. The van der Waals surface area contributed by atoms with Gasteiger partial charge in [-0.15, -0.1) is 0 Å². The highest BCUT2D eigenvalue weighted by Gasteiger charge is 2.32. The van der Waals surface area contributed by atoms with Crippen LogP contribution in [0.15, 0.2) is 65.6 Å².